The molecule has 2 aromatic carbocycles. The van der Waals surface area contributed by atoms with E-state index < -0.39 is 11.4 Å². The fourth-order valence-electron chi connectivity index (χ4n) is 3.87. The number of hydrogen-bond acceptors (Lipinski definition) is 4. The molecule has 1 aliphatic heterocycles. The molecule has 2 heterocycles. The predicted molar refractivity (Wildman–Crippen MR) is 129 cm³/mol. The molecular formula is C24H23Cl2FN4O2. The van der Waals surface area contributed by atoms with E-state index in [0.29, 0.717) is 42.6 Å². The van der Waals surface area contributed by atoms with Gasteiger partial charge in [0.15, 0.2) is 5.82 Å². The molecule has 1 amide bonds. The molecular weight excluding hydrogens is 466 g/mol. The number of nitrogens with zero attached hydrogens (tertiary/aromatic N) is 4. The first kappa shape index (κ1) is 23.3. The molecule has 0 radical (unpaired) electrons. The summed E-state index contributed by atoms with van der Waals surface area (Å²) in [6, 6.07) is 12.5. The molecule has 3 aromatic rings. The SMILES string of the molecule is CC(C)C(=O)N1CCN(c2cc(=O)n(-c3ccc(Cl)cc3F)c(-c3ccccc3Cl)n2)CC1. The van der Waals surface area contributed by atoms with E-state index in [4.69, 9.17) is 28.2 Å². The molecule has 0 unspecified atom stereocenters. The summed E-state index contributed by atoms with van der Waals surface area (Å²) in [6.45, 7) is 5.89. The van der Waals surface area contributed by atoms with Gasteiger partial charge >= 0.3 is 0 Å². The zero-order chi connectivity index (χ0) is 23.7. The van der Waals surface area contributed by atoms with Crippen molar-refractivity contribution in [2.75, 3.05) is 31.1 Å². The molecule has 0 aliphatic carbocycles. The summed E-state index contributed by atoms with van der Waals surface area (Å²) in [7, 11) is 0. The van der Waals surface area contributed by atoms with Gasteiger partial charge in [-0.2, -0.15) is 0 Å². The molecule has 33 heavy (non-hydrogen) atoms. The number of carbonyl (C=O) groups is 1. The molecule has 0 saturated carbocycles. The van der Waals surface area contributed by atoms with Crippen LogP contribution >= 0.6 is 23.2 Å². The average Bonchev–Trinajstić information content (AvgIpc) is 2.79. The molecule has 1 aliphatic rings. The van der Waals surface area contributed by atoms with Crippen LogP contribution in [0.1, 0.15) is 13.8 Å². The Balaban J connectivity index is 1.79. The number of anilines is 1. The second kappa shape index (κ2) is 9.53. The normalized spacial score (nSPS) is 14.1. The van der Waals surface area contributed by atoms with E-state index in [0.717, 1.165) is 6.07 Å². The van der Waals surface area contributed by atoms with Crippen molar-refractivity contribution in [3.05, 3.63) is 74.7 Å². The van der Waals surface area contributed by atoms with Crippen LogP contribution in [0.15, 0.2) is 53.3 Å². The number of rotatable bonds is 4. The van der Waals surface area contributed by atoms with Crippen LogP contribution in [-0.4, -0.2) is 46.5 Å². The smallest absolute Gasteiger partial charge is 0.260 e. The van der Waals surface area contributed by atoms with Gasteiger partial charge in [-0.3, -0.25) is 14.2 Å². The maximum absolute atomic E-state index is 14.8. The van der Waals surface area contributed by atoms with Gasteiger partial charge in [-0.1, -0.05) is 49.2 Å². The molecule has 4 rings (SSSR count). The van der Waals surface area contributed by atoms with Crippen LogP contribution in [0.3, 0.4) is 0 Å². The lowest BCUT2D eigenvalue weighted by Gasteiger charge is -2.36. The van der Waals surface area contributed by atoms with Crippen molar-refractivity contribution >= 4 is 34.9 Å². The minimum absolute atomic E-state index is 0.0331. The van der Waals surface area contributed by atoms with E-state index in [1.807, 2.05) is 23.6 Å². The Bertz CT molecular complexity index is 1250. The van der Waals surface area contributed by atoms with Crippen LogP contribution in [-0.2, 0) is 4.79 Å². The fourth-order valence-corrected chi connectivity index (χ4v) is 4.25. The Morgan fingerprint density at radius 1 is 1.03 bits per heavy atom. The summed E-state index contributed by atoms with van der Waals surface area (Å²) in [5, 5.41) is 0.610. The van der Waals surface area contributed by atoms with Crippen LogP contribution in [0.4, 0.5) is 10.2 Å². The van der Waals surface area contributed by atoms with Crippen LogP contribution in [0.25, 0.3) is 17.1 Å². The zero-order valence-corrected chi connectivity index (χ0v) is 19.8. The number of benzene rings is 2. The van der Waals surface area contributed by atoms with E-state index in [1.165, 1.54) is 22.8 Å². The molecule has 9 heteroatoms. The summed E-state index contributed by atoms with van der Waals surface area (Å²) in [5.74, 6) is 0.0724. The van der Waals surface area contributed by atoms with Crippen molar-refractivity contribution in [3.63, 3.8) is 0 Å². The van der Waals surface area contributed by atoms with E-state index in [9.17, 15) is 14.0 Å². The number of piperazine rings is 1. The van der Waals surface area contributed by atoms with Crippen molar-refractivity contribution < 1.29 is 9.18 Å². The molecule has 0 bridgehead atoms. The lowest BCUT2D eigenvalue weighted by Crippen LogP contribution is -2.50. The number of amides is 1. The maximum Gasteiger partial charge on any atom is 0.260 e. The van der Waals surface area contributed by atoms with Gasteiger partial charge < -0.3 is 9.80 Å². The summed E-state index contributed by atoms with van der Waals surface area (Å²) in [4.78, 5) is 34.1. The summed E-state index contributed by atoms with van der Waals surface area (Å²) < 4.78 is 16.0. The summed E-state index contributed by atoms with van der Waals surface area (Å²) >= 11 is 12.3. The average molecular weight is 489 g/mol. The van der Waals surface area contributed by atoms with E-state index in [-0.39, 0.29) is 28.4 Å². The third-order valence-electron chi connectivity index (χ3n) is 5.58. The Kier molecular flexibility index (Phi) is 6.72. The minimum Gasteiger partial charge on any atom is -0.353 e. The molecule has 0 spiro atoms. The number of hydrogen-bond donors (Lipinski definition) is 0. The monoisotopic (exact) mass is 488 g/mol. The largest absolute Gasteiger partial charge is 0.353 e. The van der Waals surface area contributed by atoms with Crippen LogP contribution in [0, 0.1) is 11.7 Å². The molecule has 6 nitrogen and oxygen atoms in total. The van der Waals surface area contributed by atoms with Crippen molar-refractivity contribution in [3.8, 4) is 17.1 Å². The predicted octanol–water partition coefficient (Wildman–Crippen LogP) is 4.65. The van der Waals surface area contributed by atoms with Gasteiger partial charge in [-0.05, 0) is 30.3 Å². The molecule has 0 N–H and O–H groups in total. The van der Waals surface area contributed by atoms with Crippen LogP contribution < -0.4 is 10.5 Å². The Labute approximate surface area is 201 Å². The highest BCUT2D eigenvalue weighted by Gasteiger charge is 2.25. The second-order valence-electron chi connectivity index (χ2n) is 8.15. The second-order valence-corrected chi connectivity index (χ2v) is 9.00. The van der Waals surface area contributed by atoms with Gasteiger partial charge in [0, 0.05) is 48.7 Å². The van der Waals surface area contributed by atoms with Gasteiger partial charge in [0.2, 0.25) is 5.91 Å². The summed E-state index contributed by atoms with van der Waals surface area (Å²) in [5.41, 5.74) is 0.0867. The molecule has 172 valence electrons. The fraction of sp³-hybridized carbons (Fsp3) is 0.292. The zero-order valence-electron chi connectivity index (χ0n) is 18.3. The molecule has 1 saturated heterocycles. The van der Waals surface area contributed by atoms with E-state index in [1.54, 1.807) is 24.3 Å². The number of carbonyl (C=O) groups excluding carboxylic acids is 1. The van der Waals surface area contributed by atoms with E-state index >= 15 is 0 Å². The molecule has 1 aromatic heterocycles. The van der Waals surface area contributed by atoms with Gasteiger partial charge in [0.1, 0.15) is 11.6 Å². The van der Waals surface area contributed by atoms with Gasteiger partial charge in [0.05, 0.1) is 10.7 Å². The topological polar surface area (TPSA) is 58.4 Å². The number of aromatic nitrogens is 2. The Hall–Kier alpha value is -2.90. The van der Waals surface area contributed by atoms with Gasteiger partial charge in [-0.25, -0.2) is 9.37 Å². The Morgan fingerprint density at radius 2 is 1.73 bits per heavy atom. The van der Waals surface area contributed by atoms with Crippen molar-refractivity contribution in [1.82, 2.24) is 14.5 Å². The minimum atomic E-state index is -0.645. The van der Waals surface area contributed by atoms with Gasteiger partial charge in [-0.15, -0.1) is 0 Å². The Morgan fingerprint density at radius 3 is 2.36 bits per heavy atom. The quantitative estimate of drug-likeness (QED) is 0.536. The van der Waals surface area contributed by atoms with E-state index in [2.05, 4.69) is 0 Å². The first-order valence-corrected chi connectivity index (χ1v) is 11.4. The first-order chi connectivity index (χ1) is 15.8. The van der Waals surface area contributed by atoms with Crippen LogP contribution in [0.5, 0.6) is 0 Å². The summed E-state index contributed by atoms with van der Waals surface area (Å²) in [6.07, 6.45) is 0. The van der Waals surface area contributed by atoms with Crippen molar-refractivity contribution in [2.45, 2.75) is 13.8 Å². The highest BCUT2D eigenvalue weighted by atomic mass is 35.5. The highest BCUT2D eigenvalue weighted by molar-refractivity contribution is 6.33. The maximum atomic E-state index is 14.8. The first-order valence-electron chi connectivity index (χ1n) is 10.6. The van der Waals surface area contributed by atoms with Gasteiger partial charge in [0.25, 0.3) is 5.56 Å². The van der Waals surface area contributed by atoms with Crippen molar-refractivity contribution in [2.24, 2.45) is 5.92 Å². The third kappa shape index (κ3) is 4.75. The molecule has 0 atom stereocenters. The van der Waals surface area contributed by atoms with Crippen molar-refractivity contribution in [1.29, 1.82) is 0 Å². The lowest BCUT2D eigenvalue weighted by molar-refractivity contribution is -0.134. The van der Waals surface area contributed by atoms with Crippen LogP contribution in [0.2, 0.25) is 10.0 Å². The number of halogens is 3. The lowest BCUT2D eigenvalue weighted by atomic mass is 10.1. The molecule has 1 fully saturated rings. The highest BCUT2D eigenvalue weighted by Crippen LogP contribution is 2.30. The third-order valence-corrected chi connectivity index (χ3v) is 6.14. The standard InChI is InChI=1S/C24H23Cl2FN4O2/c1-15(2)24(33)30-11-9-29(10-12-30)21-14-22(32)31(20-8-7-16(25)13-19(20)27)23(28-21)17-5-3-4-6-18(17)26/h3-8,13-15H,9-12H2,1-2H3.